The molecule has 140 valence electrons. The number of fused-ring (bicyclic) bond motifs is 1. The van der Waals surface area contributed by atoms with Crippen LogP contribution in [0.3, 0.4) is 0 Å². The van der Waals surface area contributed by atoms with Gasteiger partial charge in [0.2, 0.25) is 5.91 Å². The molecule has 3 aromatic rings. The first kappa shape index (κ1) is 18.7. The molecule has 0 aliphatic heterocycles. The van der Waals surface area contributed by atoms with Crippen molar-refractivity contribution in [2.45, 2.75) is 24.0 Å². The molecule has 27 heavy (non-hydrogen) atoms. The highest BCUT2D eigenvalue weighted by atomic mass is 32.2. The third-order valence-electron chi connectivity index (χ3n) is 4.26. The van der Waals surface area contributed by atoms with Crippen LogP contribution < -0.4 is 11.5 Å². The first-order chi connectivity index (χ1) is 12.7. The summed E-state index contributed by atoms with van der Waals surface area (Å²) in [5.74, 6) is -0.681. The van der Waals surface area contributed by atoms with Gasteiger partial charge in [-0.15, -0.1) is 0 Å². The third-order valence-corrected chi connectivity index (χ3v) is 6.47. The van der Waals surface area contributed by atoms with Gasteiger partial charge in [-0.1, -0.05) is 24.3 Å². The second kappa shape index (κ2) is 6.88. The van der Waals surface area contributed by atoms with Gasteiger partial charge in [0.15, 0.2) is 9.84 Å². The number of carbonyl (C=O) groups is 1. The topological polar surface area (TPSA) is 121 Å². The molecular formula is C19H20N4O3S. The van der Waals surface area contributed by atoms with Crippen molar-refractivity contribution in [3.63, 3.8) is 0 Å². The van der Waals surface area contributed by atoms with Gasteiger partial charge in [0, 0.05) is 11.6 Å². The number of nitrogens with two attached hydrogens (primary N) is 2. The van der Waals surface area contributed by atoms with E-state index < -0.39 is 21.0 Å². The highest BCUT2D eigenvalue weighted by Gasteiger charge is 2.24. The molecule has 3 rings (SSSR count). The number of nitrogens with zero attached hydrogens (tertiary/aromatic N) is 2. The lowest BCUT2D eigenvalue weighted by atomic mass is 10.1. The van der Waals surface area contributed by atoms with Gasteiger partial charge in [-0.25, -0.2) is 13.4 Å². The van der Waals surface area contributed by atoms with Crippen LogP contribution in [-0.2, 0) is 14.6 Å². The molecule has 0 atom stereocenters. The van der Waals surface area contributed by atoms with Gasteiger partial charge in [0.05, 0.1) is 32.6 Å². The Morgan fingerprint density at radius 3 is 2.52 bits per heavy atom. The Balaban J connectivity index is 2.29. The first-order valence-electron chi connectivity index (χ1n) is 8.30. The second-order valence-corrected chi connectivity index (χ2v) is 8.82. The van der Waals surface area contributed by atoms with E-state index in [0.717, 1.165) is 11.0 Å². The number of amides is 1. The largest absolute Gasteiger partial charge is 0.397 e. The predicted molar refractivity (Wildman–Crippen MR) is 105 cm³/mol. The number of sulfone groups is 1. The maximum Gasteiger partial charge on any atom is 0.243 e. The van der Waals surface area contributed by atoms with Crippen LogP contribution in [0.25, 0.3) is 16.7 Å². The Morgan fingerprint density at radius 1 is 1.15 bits per heavy atom. The molecule has 0 bridgehead atoms. The predicted octanol–water partition coefficient (Wildman–Crippen LogP) is 2.18. The summed E-state index contributed by atoms with van der Waals surface area (Å²) in [5.41, 5.74) is 13.9. The molecule has 7 nitrogen and oxygen atoms in total. The Morgan fingerprint density at radius 2 is 1.85 bits per heavy atom. The maximum absolute atomic E-state index is 12.6. The SMILES string of the molecule is CC(C)S(=O)(=O)c1cccc(/C(=C\C(N)=O)n2cnc3ccccc32)c1N. The van der Waals surface area contributed by atoms with Crippen LogP contribution in [0.15, 0.2) is 59.8 Å². The zero-order valence-electron chi connectivity index (χ0n) is 15.0. The van der Waals surface area contributed by atoms with Crippen LogP contribution in [0.2, 0.25) is 0 Å². The standard InChI is InChI=1S/C19H20N4O3S/c1-12(2)27(25,26)17-9-5-6-13(19(17)21)16(10-18(20)24)23-11-22-14-7-3-4-8-15(14)23/h3-12H,21H2,1-2H3,(H2,20,24)/b16-10+. The van der Waals surface area contributed by atoms with Crippen LogP contribution in [0, 0.1) is 0 Å². The van der Waals surface area contributed by atoms with Gasteiger partial charge in [-0.2, -0.15) is 0 Å². The van der Waals surface area contributed by atoms with Gasteiger partial charge in [-0.3, -0.25) is 9.36 Å². The van der Waals surface area contributed by atoms with E-state index >= 15 is 0 Å². The van der Waals surface area contributed by atoms with E-state index in [1.807, 2.05) is 24.3 Å². The molecule has 1 aromatic heterocycles. The summed E-state index contributed by atoms with van der Waals surface area (Å²) in [6, 6.07) is 12.1. The average Bonchev–Trinajstić information content (AvgIpc) is 3.03. The molecule has 0 fully saturated rings. The number of rotatable bonds is 5. The smallest absolute Gasteiger partial charge is 0.243 e. The number of hydrogen-bond donors (Lipinski definition) is 2. The van der Waals surface area contributed by atoms with Gasteiger partial charge >= 0.3 is 0 Å². The first-order valence-corrected chi connectivity index (χ1v) is 9.84. The fourth-order valence-corrected chi connectivity index (χ4v) is 4.02. The maximum atomic E-state index is 12.6. The van der Waals surface area contributed by atoms with E-state index in [-0.39, 0.29) is 10.6 Å². The normalized spacial score (nSPS) is 12.6. The van der Waals surface area contributed by atoms with Crippen molar-refractivity contribution in [2.24, 2.45) is 5.73 Å². The fourth-order valence-electron chi connectivity index (χ4n) is 2.83. The molecule has 8 heteroatoms. The van der Waals surface area contributed by atoms with E-state index in [2.05, 4.69) is 4.98 Å². The van der Waals surface area contributed by atoms with Crippen molar-refractivity contribution in [2.75, 3.05) is 5.73 Å². The van der Waals surface area contributed by atoms with E-state index in [9.17, 15) is 13.2 Å². The molecule has 0 radical (unpaired) electrons. The minimum Gasteiger partial charge on any atom is -0.397 e. The van der Waals surface area contributed by atoms with E-state index in [4.69, 9.17) is 11.5 Å². The lowest BCUT2D eigenvalue weighted by molar-refractivity contribution is -0.113. The molecule has 4 N–H and O–H groups in total. The second-order valence-electron chi connectivity index (χ2n) is 6.35. The lowest BCUT2D eigenvalue weighted by Crippen LogP contribution is -2.17. The van der Waals surface area contributed by atoms with E-state index in [1.54, 1.807) is 36.9 Å². The Bertz CT molecular complexity index is 1160. The number of benzene rings is 2. The number of anilines is 1. The lowest BCUT2D eigenvalue weighted by Gasteiger charge is -2.16. The van der Waals surface area contributed by atoms with E-state index in [0.29, 0.717) is 11.3 Å². The summed E-state index contributed by atoms with van der Waals surface area (Å²) in [6.45, 7) is 3.18. The molecule has 0 unspecified atom stereocenters. The minimum atomic E-state index is -3.60. The number of primary amides is 1. The Hall–Kier alpha value is -3.13. The van der Waals surface area contributed by atoms with Crippen LogP contribution in [-0.4, -0.2) is 29.1 Å². The van der Waals surface area contributed by atoms with Crippen molar-refractivity contribution in [3.8, 4) is 0 Å². The molecule has 0 aliphatic rings. The molecule has 2 aromatic carbocycles. The Labute approximate surface area is 157 Å². The Kier molecular flexibility index (Phi) is 4.75. The van der Waals surface area contributed by atoms with Crippen molar-refractivity contribution in [1.82, 2.24) is 9.55 Å². The molecule has 1 heterocycles. The highest BCUT2D eigenvalue weighted by molar-refractivity contribution is 7.92. The number of para-hydroxylation sites is 3. The van der Waals surface area contributed by atoms with Crippen molar-refractivity contribution < 1.29 is 13.2 Å². The summed E-state index contributed by atoms with van der Waals surface area (Å²) in [6.07, 6.45) is 2.76. The van der Waals surface area contributed by atoms with Crippen LogP contribution >= 0.6 is 0 Å². The molecular weight excluding hydrogens is 364 g/mol. The van der Waals surface area contributed by atoms with Crippen molar-refractivity contribution >= 4 is 38.2 Å². The minimum absolute atomic E-state index is 0.0230. The molecule has 0 spiro atoms. The monoisotopic (exact) mass is 384 g/mol. The number of hydrogen-bond acceptors (Lipinski definition) is 5. The quantitative estimate of drug-likeness (QED) is 0.516. The molecule has 0 saturated carbocycles. The fraction of sp³-hybridized carbons (Fsp3) is 0.158. The zero-order valence-corrected chi connectivity index (χ0v) is 15.8. The number of aromatic nitrogens is 2. The third kappa shape index (κ3) is 3.31. The van der Waals surface area contributed by atoms with Gasteiger partial charge in [0.1, 0.15) is 6.33 Å². The zero-order chi connectivity index (χ0) is 19.8. The number of imidazole rings is 1. The summed E-state index contributed by atoms with van der Waals surface area (Å²) >= 11 is 0. The van der Waals surface area contributed by atoms with Gasteiger partial charge < -0.3 is 11.5 Å². The summed E-state index contributed by atoms with van der Waals surface area (Å²) in [7, 11) is -3.60. The van der Waals surface area contributed by atoms with Crippen LogP contribution in [0.4, 0.5) is 5.69 Å². The van der Waals surface area contributed by atoms with Gasteiger partial charge in [0.25, 0.3) is 0 Å². The average molecular weight is 384 g/mol. The highest BCUT2D eigenvalue weighted by Crippen LogP contribution is 2.32. The molecule has 0 saturated heterocycles. The molecule has 1 amide bonds. The van der Waals surface area contributed by atoms with Crippen LogP contribution in [0.5, 0.6) is 0 Å². The summed E-state index contributed by atoms with van der Waals surface area (Å²) in [5, 5.41) is -0.632. The van der Waals surface area contributed by atoms with Gasteiger partial charge in [-0.05, 0) is 32.0 Å². The van der Waals surface area contributed by atoms with E-state index in [1.165, 1.54) is 12.1 Å². The van der Waals surface area contributed by atoms with Crippen molar-refractivity contribution in [3.05, 3.63) is 60.4 Å². The summed E-state index contributed by atoms with van der Waals surface area (Å²) in [4.78, 5) is 16.0. The molecule has 0 aliphatic carbocycles. The summed E-state index contributed by atoms with van der Waals surface area (Å²) < 4.78 is 26.9. The number of nitrogen functional groups attached to an aromatic ring is 1. The number of carbonyl (C=O) groups excluding carboxylic acids is 1. The van der Waals surface area contributed by atoms with Crippen LogP contribution in [0.1, 0.15) is 19.4 Å². The van der Waals surface area contributed by atoms with Crippen molar-refractivity contribution in [1.29, 1.82) is 0 Å².